The van der Waals surface area contributed by atoms with Crippen LogP contribution >= 0.6 is 10.2 Å². The van der Waals surface area contributed by atoms with Crippen molar-refractivity contribution in [3.05, 3.63) is 108 Å². The predicted octanol–water partition coefficient (Wildman–Crippen LogP) is 11.4. The van der Waals surface area contributed by atoms with Crippen molar-refractivity contribution in [2.45, 2.75) is 114 Å². The van der Waals surface area contributed by atoms with Crippen molar-refractivity contribution in [3.63, 3.8) is 0 Å². The smallest absolute Gasteiger partial charge is 0.407 e. The number of imidazole rings is 1. The van der Waals surface area contributed by atoms with Gasteiger partial charge < -0.3 is 39.8 Å². The summed E-state index contributed by atoms with van der Waals surface area (Å²) in [4.78, 5) is 68.2. The Kier molecular flexibility index (Phi) is 13.8. The average Bonchev–Trinajstić information content (AvgIpc) is 4.21. The molecule has 5 heterocycles. The normalized spacial score (nSPS) is 22.2. The van der Waals surface area contributed by atoms with E-state index in [2.05, 4.69) is 20.6 Å². The summed E-state index contributed by atoms with van der Waals surface area (Å²) in [5.74, 6) is -0.155. The molecule has 3 N–H and O–H groups in total. The third-order valence-corrected chi connectivity index (χ3v) is 15.2. The molecule has 4 aliphatic rings. The first-order valence-corrected chi connectivity index (χ1v) is 26.0. The second-order valence-corrected chi connectivity index (χ2v) is 21.8. The van der Waals surface area contributed by atoms with Gasteiger partial charge in [0.05, 0.1) is 56.0 Å². The van der Waals surface area contributed by atoms with Gasteiger partial charge in [-0.2, -0.15) is 0 Å². The van der Waals surface area contributed by atoms with E-state index in [1.807, 2.05) is 87.2 Å². The number of nitrogens with one attached hydrogen (secondary N) is 3. The number of H-pyrrole nitrogens is 1. The fourth-order valence-electron chi connectivity index (χ4n) is 10.4. The molecule has 0 unspecified atom stereocenters. The van der Waals surface area contributed by atoms with Crippen LogP contribution in [0.15, 0.2) is 95.0 Å². The molecule has 4 amide bonds. The van der Waals surface area contributed by atoms with E-state index in [4.69, 9.17) is 14.5 Å². The number of ether oxygens (including phenoxy) is 2. The quantitative estimate of drug-likeness (QED) is 0.105. The zero-order valence-electron chi connectivity index (χ0n) is 40.5. The number of hydrogen-bond acceptors (Lipinski definition) is 9. The number of aromatic nitrogens is 2. The average molecular weight is 1010 g/mol. The number of amides is 4. The SMILES string of the molecule is COC(=O)N[C@H](C(=O)N1CCC[C@H]1C1=NC(c2ccc([C@H]3CC[C@H](c4ccc(-c5cnc([C@@H]6CCCN6C(=O)[C@@H](NC(=O)OC)C(C)C)[nH]5)cc4)N3c3ccc(S(F)(F)(F)(F)F)cc3)cc2)=CC1)C(C)C. The van der Waals surface area contributed by atoms with Crippen LogP contribution in [-0.4, -0.2) is 94.9 Å². The van der Waals surface area contributed by atoms with Gasteiger partial charge in [0.15, 0.2) is 0 Å². The minimum Gasteiger partial charge on any atom is -0.453 e. The largest absolute Gasteiger partial charge is 0.453 e. The van der Waals surface area contributed by atoms with Gasteiger partial charge in [-0.3, -0.25) is 14.6 Å². The number of benzene rings is 3. The standard InChI is InChI=1S/C51H61F5N8O6S/c1-30(2)45(60-50(67)69-5)48(65)62-27-7-9-43(62)39-24-23-38(58-39)32-11-15-34(16-12-32)41-25-26-42(64(41)36-19-21-37(22-20-36)71(52,53,54,55)56)35-17-13-33(14-18-35)40-29-57-47(59-40)44-10-8-28-63(44)49(66)46(31(3)4)61-51(68)70-6/h11-23,29-31,41-46H,7-10,24-28H2,1-6H3,(H,57,59)(H,60,67)(H,61,68)/t41-,42-,43+,44+,45+,46+/m1/s1. The number of allylic oxidation sites excluding steroid dienone is 1. The number of rotatable bonds is 14. The zero-order chi connectivity index (χ0) is 51.1. The summed E-state index contributed by atoms with van der Waals surface area (Å²) in [6.45, 7) is 8.47. The third kappa shape index (κ3) is 10.9. The van der Waals surface area contributed by atoms with Crippen LogP contribution in [0, 0.1) is 11.8 Å². The van der Waals surface area contributed by atoms with Gasteiger partial charge in [0, 0.05) is 30.9 Å². The molecule has 14 nitrogen and oxygen atoms in total. The van der Waals surface area contributed by atoms with Crippen molar-refractivity contribution in [2.24, 2.45) is 16.8 Å². The number of nitrogens with zero attached hydrogens (tertiary/aromatic N) is 5. The second-order valence-electron chi connectivity index (χ2n) is 19.4. The fourth-order valence-corrected chi connectivity index (χ4v) is 11.1. The number of aromatic amines is 1. The van der Waals surface area contributed by atoms with Gasteiger partial charge in [0.1, 0.15) is 22.8 Å². The highest BCUT2D eigenvalue weighted by molar-refractivity contribution is 8.45. The highest BCUT2D eigenvalue weighted by Crippen LogP contribution is 3.02. The molecule has 0 spiro atoms. The van der Waals surface area contributed by atoms with Crippen LogP contribution in [0.4, 0.5) is 34.7 Å². The molecule has 4 aliphatic heterocycles. The van der Waals surface area contributed by atoms with Crippen molar-refractivity contribution in [1.82, 2.24) is 30.4 Å². The Morgan fingerprint density at radius 2 is 1.15 bits per heavy atom. The summed E-state index contributed by atoms with van der Waals surface area (Å²) >= 11 is 0. The van der Waals surface area contributed by atoms with Crippen molar-refractivity contribution in [3.8, 4) is 11.3 Å². The maximum absolute atomic E-state index is 13.9. The highest BCUT2D eigenvalue weighted by atomic mass is 32.5. The molecule has 0 aliphatic carbocycles. The van der Waals surface area contributed by atoms with Crippen molar-refractivity contribution in [2.75, 3.05) is 32.2 Å². The van der Waals surface area contributed by atoms with Crippen LogP contribution in [0.5, 0.6) is 0 Å². The molecule has 3 fully saturated rings. The molecular weight excluding hydrogens is 948 g/mol. The van der Waals surface area contributed by atoms with E-state index in [0.717, 1.165) is 65.1 Å². The van der Waals surface area contributed by atoms with Gasteiger partial charge in [-0.1, -0.05) is 102 Å². The van der Waals surface area contributed by atoms with E-state index in [9.17, 15) is 38.6 Å². The van der Waals surface area contributed by atoms with Crippen LogP contribution in [-0.2, 0) is 19.1 Å². The van der Waals surface area contributed by atoms with E-state index in [0.29, 0.717) is 68.1 Å². The molecular formula is C51H61F5N8O6S. The summed E-state index contributed by atoms with van der Waals surface area (Å²) in [7, 11) is -7.43. The number of hydrogen-bond donors (Lipinski definition) is 3. The van der Waals surface area contributed by atoms with Crippen molar-refractivity contribution < 1.29 is 48.1 Å². The van der Waals surface area contributed by atoms with Gasteiger partial charge >= 0.3 is 22.4 Å². The number of carbonyl (C=O) groups is 4. The Morgan fingerprint density at radius 3 is 1.65 bits per heavy atom. The van der Waals surface area contributed by atoms with E-state index >= 15 is 0 Å². The molecule has 6 atom stereocenters. The molecule has 3 saturated heterocycles. The predicted molar refractivity (Wildman–Crippen MR) is 262 cm³/mol. The van der Waals surface area contributed by atoms with E-state index in [1.165, 1.54) is 14.2 Å². The van der Waals surface area contributed by atoms with Crippen LogP contribution < -0.4 is 15.5 Å². The van der Waals surface area contributed by atoms with Gasteiger partial charge in [-0.05, 0) is 96.9 Å². The lowest BCUT2D eigenvalue weighted by Crippen LogP contribution is -2.53. The van der Waals surface area contributed by atoms with Crippen LogP contribution in [0.2, 0.25) is 0 Å². The summed E-state index contributed by atoms with van der Waals surface area (Å²) < 4.78 is 79.1. The summed E-state index contributed by atoms with van der Waals surface area (Å²) in [5, 5.41) is 5.34. The van der Waals surface area contributed by atoms with Crippen LogP contribution in [0.3, 0.4) is 0 Å². The second kappa shape index (κ2) is 19.3. The maximum atomic E-state index is 13.9. The molecule has 20 heteroatoms. The molecule has 4 aromatic rings. The Morgan fingerprint density at radius 1 is 0.662 bits per heavy atom. The molecule has 0 radical (unpaired) electrons. The lowest BCUT2D eigenvalue weighted by molar-refractivity contribution is -0.135. The molecule has 382 valence electrons. The molecule has 0 saturated carbocycles. The van der Waals surface area contributed by atoms with Crippen molar-refractivity contribution in [1.29, 1.82) is 0 Å². The summed E-state index contributed by atoms with van der Waals surface area (Å²) in [6.07, 6.45) is 7.10. The molecule has 0 bridgehead atoms. The minimum absolute atomic E-state index is 0.168. The number of aliphatic imine (C=N–C) groups is 1. The van der Waals surface area contributed by atoms with Gasteiger partial charge in [-0.15, -0.1) is 0 Å². The fraction of sp³-hybridized carbons (Fsp3) is 0.451. The Hall–Kier alpha value is -6.44. The number of alkyl carbamates (subject to hydrolysis) is 2. The number of methoxy groups -OCH3 is 2. The zero-order valence-corrected chi connectivity index (χ0v) is 41.4. The van der Waals surface area contributed by atoms with E-state index in [-0.39, 0.29) is 47.8 Å². The first-order chi connectivity index (χ1) is 33.5. The first kappa shape index (κ1) is 50.9. The van der Waals surface area contributed by atoms with Gasteiger partial charge in [-0.25, -0.2) is 14.6 Å². The van der Waals surface area contributed by atoms with Gasteiger partial charge in [0.2, 0.25) is 11.8 Å². The monoisotopic (exact) mass is 1010 g/mol. The molecule has 3 aromatic carbocycles. The van der Waals surface area contributed by atoms with E-state index in [1.54, 1.807) is 16.0 Å². The lowest BCUT2D eigenvalue weighted by Gasteiger charge is -2.41. The summed E-state index contributed by atoms with van der Waals surface area (Å²) in [6, 6.07) is 15.9. The van der Waals surface area contributed by atoms with E-state index < -0.39 is 39.4 Å². The number of anilines is 1. The Labute approximate surface area is 410 Å². The number of halogens is 5. The first-order valence-electron chi connectivity index (χ1n) is 24.0. The lowest BCUT2D eigenvalue weighted by atomic mass is 10.0. The van der Waals surface area contributed by atoms with Crippen molar-refractivity contribution >= 4 is 51.3 Å². The summed E-state index contributed by atoms with van der Waals surface area (Å²) in [5.41, 5.74) is 6.07. The number of carbonyl (C=O) groups excluding carboxylic acids is 4. The Balaban J connectivity index is 1.01. The third-order valence-electron chi connectivity index (χ3n) is 14.1. The Bertz CT molecular complexity index is 2700. The molecule has 1 aromatic heterocycles. The highest BCUT2D eigenvalue weighted by Gasteiger charge is 2.65. The maximum Gasteiger partial charge on any atom is 0.407 e. The van der Waals surface area contributed by atoms with Crippen LogP contribution in [0.1, 0.15) is 113 Å². The van der Waals surface area contributed by atoms with Crippen LogP contribution in [0.25, 0.3) is 17.0 Å². The minimum atomic E-state index is -9.94. The topological polar surface area (TPSA) is 162 Å². The molecule has 8 rings (SSSR count). The van der Waals surface area contributed by atoms with Gasteiger partial charge in [0.25, 0.3) is 0 Å². The number of likely N-dealkylation sites (tertiary alicyclic amines) is 2. The molecule has 71 heavy (non-hydrogen) atoms.